The van der Waals surface area contributed by atoms with Gasteiger partial charge in [-0.15, -0.1) is 0 Å². The van der Waals surface area contributed by atoms with Crippen LogP contribution in [0.15, 0.2) is 0 Å². The Kier molecular flexibility index (Phi) is 2.71. The maximum absolute atomic E-state index is 13.9. The second kappa shape index (κ2) is 3.33. The highest BCUT2D eigenvalue weighted by Crippen LogP contribution is 2.63. The molecular weight excluding hydrogens is 163 g/mol. The van der Waals surface area contributed by atoms with Crippen LogP contribution in [0.1, 0.15) is 47.0 Å². The summed E-state index contributed by atoms with van der Waals surface area (Å²) >= 11 is 0. The average molecular weight is 182 g/mol. The van der Waals surface area contributed by atoms with Gasteiger partial charge in [0.1, 0.15) is 0 Å². The molecule has 0 aromatic heterocycles. The van der Waals surface area contributed by atoms with Gasteiger partial charge in [-0.3, -0.25) is 0 Å². The first-order valence-electron chi connectivity index (χ1n) is 5.15. The van der Waals surface area contributed by atoms with Gasteiger partial charge >= 0.3 is 0 Å². The standard InChI is InChI=1S/C12H19F/c1-5-6-7-8-9-12(13)10(2)11(12,3)4/h10H,5-7H2,1-4H3/t10-,12+/m0/s1. The van der Waals surface area contributed by atoms with E-state index in [0.717, 1.165) is 19.3 Å². The highest BCUT2D eigenvalue weighted by atomic mass is 19.1. The topological polar surface area (TPSA) is 0 Å². The Bertz CT molecular complexity index is 244. The largest absolute Gasteiger partial charge is 0.229 e. The van der Waals surface area contributed by atoms with Gasteiger partial charge in [0.05, 0.1) is 0 Å². The molecule has 1 saturated carbocycles. The summed E-state index contributed by atoms with van der Waals surface area (Å²) < 4.78 is 13.9. The summed E-state index contributed by atoms with van der Waals surface area (Å²) in [4.78, 5) is 0. The summed E-state index contributed by atoms with van der Waals surface area (Å²) in [5.41, 5.74) is -1.44. The van der Waals surface area contributed by atoms with E-state index in [4.69, 9.17) is 0 Å². The predicted molar refractivity (Wildman–Crippen MR) is 54.1 cm³/mol. The zero-order valence-corrected chi connectivity index (χ0v) is 9.08. The zero-order chi connectivity index (χ0) is 10.1. The van der Waals surface area contributed by atoms with Gasteiger partial charge in [0.25, 0.3) is 0 Å². The van der Waals surface area contributed by atoms with Crippen molar-refractivity contribution in [2.24, 2.45) is 11.3 Å². The van der Waals surface area contributed by atoms with Crippen LogP contribution in [-0.2, 0) is 0 Å². The lowest BCUT2D eigenvalue weighted by Crippen LogP contribution is -2.05. The molecule has 1 aliphatic carbocycles. The van der Waals surface area contributed by atoms with E-state index in [0.29, 0.717) is 0 Å². The minimum Gasteiger partial charge on any atom is -0.229 e. The fourth-order valence-corrected chi connectivity index (χ4v) is 1.69. The van der Waals surface area contributed by atoms with Crippen molar-refractivity contribution in [2.75, 3.05) is 0 Å². The van der Waals surface area contributed by atoms with Gasteiger partial charge in [0.2, 0.25) is 0 Å². The number of hydrogen-bond acceptors (Lipinski definition) is 0. The Hall–Kier alpha value is -0.510. The fourth-order valence-electron chi connectivity index (χ4n) is 1.69. The monoisotopic (exact) mass is 182 g/mol. The number of halogens is 1. The molecule has 0 aromatic carbocycles. The third kappa shape index (κ3) is 1.59. The van der Waals surface area contributed by atoms with Crippen molar-refractivity contribution in [1.29, 1.82) is 0 Å². The molecule has 74 valence electrons. The Morgan fingerprint density at radius 2 is 1.92 bits per heavy atom. The van der Waals surface area contributed by atoms with E-state index in [1.807, 2.05) is 20.8 Å². The van der Waals surface area contributed by atoms with Crippen LogP contribution in [0.3, 0.4) is 0 Å². The lowest BCUT2D eigenvalue weighted by atomic mass is 10.1. The van der Waals surface area contributed by atoms with Crippen LogP contribution < -0.4 is 0 Å². The van der Waals surface area contributed by atoms with E-state index < -0.39 is 5.67 Å². The summed E-state index contributed by atoms with van der Waals surface area (Å²) in [7, 11) is 0. The summed E-state index contributed by atoms with van der Waals surface area (Å²) in [6.07, 6.45) is 3.05. The lowest BCUT2D eigenvalue weighted by molar-refractivity contribution is 0.316. The molecule has 0 amide bonds. The molecule has 0 aromatic rings. The molecule has 1 fully saturated rings. The average Bonchev–Trinajstić information content (AvgIpc) is 2.45. The van der Waals surface area contributed by atoms with Gasteiger partial charge in [-0.1, -0.05) is 46.0 Å². The van der Waals surface area contributed by atoms with Crippen LogP contribution in [0.25, 0.3) is 0 Å². The van der Waals surface area contributed by atoms with Gasteiger partial charge in [0.15, 0.2) is 5.67 Å². The maximum Gasteiger partial charge on any atom is 0.179 e. The Morgan fingerprint density at radius 3 is 2.31 bits per heavy atom. The van der Waals surface area contributed by atoms with Crippen LogP contribution in [0.2, 0.25) is 0 Å². The summed E-state index contributed by atoms with van der Waals surface area (Å²) in [5.74, 6) is 5.83. The van der Waals surface area contributed by atoms with E-state index in [2.05, 4.69) is 18.8 Å². The van der Waals surface area contributed by atoms with Crippen molar-refractivity contribution in [3.05, 3.63) is 0 Å². The number of alkyl halides is 1. The molecule has 0 unspecified atom stereocenters. The van der Waals surface area contributed by atoms with Crippen LogP contribution in [0.4, 0.5) is 4.39 Å². The van der Waals surface area contributed by atoms with Gasteiger partial charge in [-0.05, 0) is 6.42 Å². The van der Waals surface area contributed by atoms with Crippen molar-refractivity contribution in [3.8, 4) is 11.8 Å². The number of hydrogen-bond donors (Lipinski definition) is 0. The normalized spacial score (nSPS) is 35.0. The molecule has 0 nitrogen and oxygen atoms in total. The molecule has 0 aliphatic heterocycles. The van der Waals surface area contributed by atoms with E-state index in [1.54, 1.807) is 0 Å². The second-order valence-electron chi connectivity index (χ2n) is 4.56. The summed E-state index contributed by atoms with van der Waals surface area (Å²) in [6, 6.07) is 0. The van der Waals surface area contributed by atoms with Crippen molar-refractivity contribution >= 4 is 0 Å². The molecule has 13 heavy (non-hydrogen) atoms. The van der Waals surface area contributed by atoms with Crippen molar-refractivity contribution < 1.29 is 4.39 Å². The molecule has 0 saturated heterocycles. The first-order chi connectivity index (χ1) is 5.97. The van der Waals surface area contributed by atoms with Crippen LogP contribution in [0, 0.1) is 23.2 Å². The Balaban J connectivity index is 2.49. The molecule has 1 heteroatoms. The van der Waals surface area contributed by atoms with Crippen molar-refractivity contribution in [2.45, 2.75) is 52.6 Å². The SMILES string of the molecule is CCCCC#C[C@@]1(F)[C@@H](C)C1(C)C. The quantitative estimate of drug-likeness (QED) is 0.452. The van der Waals surface area contributed by atoms with Gasteiger partial charge in [-0.25, -0.2) is 4.39 Å². The maximum atomic E-state index is 13.9. The molecule has 1 rings (SSSR count). The predicted octanol–water partition coefficient (Wildman–Crippen LogP) is 3.56. The van der Waals surface area contributed by atoms with Gasteiger partial charge in [0, 0.05) is 17.8 Å². The molecule has 0 radical (unpaired) electrons. The Labute approximate surface area is 80.9 Å². The molecular formula is C12H19F. The molecule has 0 heterocycles. The molecule has 2 atom stereocenters. The number of unbranched alkanes of at least 4 members (excludes halogenated alkanes) is 2. The third-order valence-electron chi connectivity index (χ3n) is 3.46. The molecule has 0 N–H and O–H groups in total. The lowest BCUT2D eigenvalue weighted by Gasteiger charge is -2.00. The highest BCUT2D eigenvalue weighted by molar-refractivity contribution is 5.34. The number of rotatable bonds is 2. The van der Waals surface area contributed by atoms with E-state index >= 15 is 0 Å². The zero-order valence-electron chi connectivity index (χ0n) is 9.08. The fraction of sp³-hybridized carbons (Fsp3) is 0.833. The van der Waals surface area contributed by atoms with Crippen LogP contribution in [0.5, 0.6) is 0 Å². The first kappa shape index (κ1) is 10.6. The minimum absolute atomic E-state index is 0.0918. The van der Waals surface area contributed by atoms with E-state index in [1.165, 1.54) is 0 Å². The van der Waals surface area contributed by atoms with Gasteiger partial charge in [-0.2, -0.15) is 0 Å². The third-order valence-corrected chi connectivity index (χ3v) is 3.46. The summed E-state index contributed by atoms with van der Waals surface area (Å²) in [6.45, 7) is 7.96. The van der Waals surface area contributed by atoms with Crippen LogP contribution >= 0.6 is 0 Å². The molecule has 0 bridgehead atoms. The van der Waals surface area contributed by atoms with Crippen molar-refractivity contribution in [3.63, 3.8) is 0 Å². The van der Waals surface area contributed by atoms with Gasteiger partial charge < -0.3 is 0 Å². The second-order valence-corrected chi connectivity index (χ2v) is 4.56. The van der Waals surface area contributed by atoms with E-state index in [9.17, 15) is 4.39 Å². The minimum atomic E-state index is -1.21. The smallest absolute Gasteiger partial charge is 0.179 e. The van der Waals surface area contributed by atoms with Crippen molar-refractivity contribution in [1.82, 2.24) is 0 Å². The van der Waals surface area contributed by atoms with Crippen LogP contribution in [-0.4, -0.2) is 5.67 Å². The first-order valence-corrected chi connectivity index (χ1v) is 5.15. The Morgan fingerprint density at radius 1 is 1.38 bits per heavy atom. The summed E-state index contributed by atoms with van der Waals surface area (Å²) in [5, 5.41) is 0. The highest BCUT2D eigenvalue weighted by Gasteiger charge is 2.69. The molecule has 0 spiro atoms. The molecule has 1 aliphatic rings. The van der Waals surface area contributed by atoms with E-state index in [-0.39, 0.29) is 11.3 Å².